The lowest BCUT2D eigenvalue weighted by Crippen LogP contribution is -2.28. The first-order valence-electron chi connectivity index (χ1n) is 5.79. The van der Waals surface area contributed by atoms with Crippen LogP contribution >= 0.6 is 0 Å². The van der Waals surface area contributed by atoms with Gasteiger partial charge in [-0.3, -0.25) is 5.41 Å². The van der Waals surface area contributed by atoms with Gasteiger partial charge in [-0.25, -0.2) is 4.79 Å². The summed E-state index contributed by atoms with van der Waals surface area (Å²) in [6.07, 6.45) is 2.96. The molecule has 0 aliphatic heterocycles. The summed E-state index contributed by atoms with van der Waals surface area (Å²) in [5.41, 5.74) is 2.45. The van der Waals surface area contributed by atoms with Crippen molar-refractivity contribution in [1.82, 2.24) is 9.97 Å². The summed E-state index contributed by atoms with van der Waals surface area (Å²) < 4.78 is 0. The molecule has 0 radical (unpaired) electrons. The minimum Gasteiger partial charge on any atom is -0.330 e. The molecule has 0 atom stereocenters. The Kier molecular flexibility index (Phi) is 3.32. The molecule has 0 saturated carbocycles. The van der Waals surface area contributed by atoms with Crippen molar-refractivity contribution in [2.24, 2.45) is 0 Å². The fraction of sp³-hybridized carbons (Fsp3) is 0.231. The molecule has 0 amide bonds. The van der Waals surface area contributed by atoms with E-state index in [-0.39, 0.29) is 11.7 Å². The number of anilines is 1. The molecule has 2 rings (SSSR count). The van der Waals surface area contributed by atoms with E-state index in [2.05, 4.69) is 9.97 Å². The third-order valence-corrected chi connectivity index (χ3v) is 2.77. The van der Waals surface area contributed by atoms with Gasteiger partial charge in [-0.2, -0.15) is 0 Å². The number of aromatic amines is 2. The van der Waals surface area contributed by atoms with Crippen LogP contribution in [0.25, 0.3) is 11.3 Å². The molecule has 5 heteroatoms. The second kappa shape index (κ2) is 4.91. The number of aromatic nitrogens is 2. The van der Waals surface area contributed by atoms with E-state index in [1.54, 1.807) is 6.20 Å². The number of rotatable bonds is 4. The Morgan fingerprint density at radius 2 is 1.94 bits per heavy atom. The van der Waals surface area contributed by atoms with Gasteiger partial charge in [0, 0.05) is 17.9 Å². The quantitative estimate of drug-likeness (QED) is 0.569. The third kappa shape index (κ3) is 2.34. The van der Waals surface area contributed by atoms with Gasteiger partial charge in [-0.1, -0.05) is 12.1 Å². The molecule has 94 valence electrons. The van der Waals surface area contributed by atoms with Crippen molar-refractivity contribution in [3.8, 4) is 11.3 Å². The zero-order valence-electron chi connectivity index (χ0n) is 10.4. The van der Waals surface area contributed by atoms with Crippen molar-refractivity contribution in [1.29, 1.82) is 5.41 Å². The van der Waals surface area contributed by atoms with Gasteiger partial charge < -0.3 is 14.9 Å². The van der Waals surface area contributed by atoms with Crippen molar-refractivity contribution in [2.45, 2.75) is 19.9 Å². The molecule has 1 aromatic carbocycles. The van der Waals surface area contributed by atoms with Crippen LogP contribution in [0.1, 0.15) is 13.8 Å². The zero-order chi connectivity index (χ0) is 13.1. The van der Waals surface area contributed by atoms with E-state index in [1.165, 1.54) is 6.34 Å². The van der Waals surface area contributed by atoms with Gasteiger partial charge in [0.15, 0.2) is 0 Å². The second-order valence-electron chi connectivity index (χ2n) is 4.33. The molecule has 0 bridgehead atoms. The maximum atomic E-state index is 11.0. The topological polar surface area (TPSA) is 75.7 Å². The highest BCUT2D eigenvalue weighted by Gasteiger charge is 2.08. The SMILES string of the molecule is CC(C)N(C=N)c1ccc(-c2c[nH]c(=O)[nH]2)cc1. The number of imidazole rings is 1. The predicted octanol–water partition coefficient (Wildman–Crippen LogP) is 2.19. The molecule has 5 nitrogen and oxygen atoms in total. The first-order chi connectivity index (χ1) is 8.61. The van der Waals surface area contributed by atoms with E-state index in [1.807, 2.05) is 43.0 Å². The average Bonchev–Trinajstić information content (AvgIpc) is 2.77. The van der Waals surface area contributed by atoms with Crippen LogP contribution in [0.15, 0.2) is 35.3 Å². The van der Waals surface area contributed by atoms with E-state index < -0.39 is 0 Å². The minimum atomic E-state index is -0.211. The highest BCUT2D eigenvalue weighted by molar-refractivity contribution is 5.78. The fourth-order valence-corrected chi connectivity index (χ4v) is 1.82. The van der Waals surface area contributed by atoms with E-state index in [9.17, 15) is 4.79 Å². The lowest BCUT2D eigenvalue weighted by molar-refractivity contribution is 0.813. The molecule has 2 aromatic rings. The number of benzene rings is 1. The van der Waals surface area contributed by atoms with Crippen molar-refractivity contribution < 1.29 is 0 Å². The lowest BCUT2D eigenvalue weighted by atomic mass is 10.1. The van der Waals surface area contributed by atoms with Crippen LogP contribution in [0.5, 0.6) is 0 Å². The Morgan fingerprint density at radius 1 is 1.28 bits per heavy atom. The molecular formula is C13H16N4O. The van der Waals surface area contributed by atoms with Crippen molar-refractivity contribution in [2.75, 3.05) is 4.90 Å². The van der Waals surface area contributed by atoms with Crippen LogP contribution in [0, 0.1) is 5.41 Å². The summed E-state index contributed by atoms with van der Waals surface area (Å²) in [4.78, 5) is 18.2. The van der Waals surface area contributed by atoms with Gasteiger partial charge in [0.2, 0.25) is 0 Å². The van der Waals surface area contributed by atoms with Crippen molar-refractivity contribution >= 4 is 12.0 Å². The molecule has 0 unspecified atom stereocenters. The zero-order valence-corrected chi connectivity index (χ0v) is 10.4. The van der Waals surface area contributed by atoms with Gasteiger partial charge >= 0.3 is 5.69 Å². The van der Waals surface area contributed by atoms with Crippen LogP contribution in [0.3, 0.4) is 0 Å². The predicted molar refractivity (Wildman–Crippen MR) is 73.2 cm³/mol. The van der Waals surface area contributed by atoms with Crippen LogP contribution in [0.4, 0.5) is 5.69 Å². The van der Waals surface area contributed by atoms with Crippen LogP contribution in [-0.4, -0.2) is 22.3 Å². The van der Waals surface area contributed by atoms with E-state index >= 15 is 0 Å². The highest BCUT2D eigenvalue weighted by atomic mass is 16.1. The summed E-state index contributed by atoms with van der Waals surface area (Å²) in [6, 6.07) is 7.96. The molecule has 1 aromatic heterocycles. The number of hydrogen-bond donors (Lipinski definition) is 3. The fourth-order valence-electron chi connectivity index (χ4n) is 1.82. The highest BCUT2D eigenvalue weighted by Crippen LogP contribution is 2.21. The van der Waals surface area contributed by atoms with Crippen LogP contribution in [0.2, 0.25) is 0 Å². The lowest BCUT2D eigenvalue weighted by Gasteiger charge is -2.23. The number of nitrogens with zero attached hydrogens (tertiary/aromatic N) is 1. The summed E-state index contributed by atoms with van der Waals surface area (Å²) in [7, 11) is 0. The van der Waals surface area contributed by atoms with Crippen molar-refractivity contribution in [3.63, 3.8) is 0 Å². The normalized spacial score (nSPS) is 10.6. The second-order valence-corrected chi connectivity index (χ2v) is 4.33. The molecule has 0 aliphatic rings. The van der Waals surface area contributed by atoms with Gasteiger partial charge in [0.05, 0.1) is 12.0 Å². The van der Waals surface area contributed by atoms with E-state index in [0.717, 1.165) is 16.9 Å². The Hall–Kier alpha value is -2.30. The van der Waals surface area contributed by atoms with E-state index in [0.29, 0.717) is 0 Å². The smallest absolute Gasteiger partial charge is 0.323 e. The Labute approximate surface area is 105 Å². The van der Waals surface area contributed by atoms with Gasteiger partial charge in [-0.05, 0) is 31.5 Å². The summed E-state index contributed by atoms with van der Waals surface area (Å²) in [6.45, 7) is 4.06. The standard InChI is InChI=1S/C13H16N4O/c1-9(2)17(8-14)11-5-3-10(4-6-11)12-7-15-13(18)16-12/h3-9,14H,1-2H3,(H2,15,16,18). The molecular weight excluding hydrogens is 228 g/mol. The summed E-state index contributed by atoms with van der Waals surface area (Å²) in [5.74, 6) is 0. The minimum absolute atomic E-state index is 0.211. The largest absolute Gasteiger partial charge is 0.330 e. The molecule has 0 spiro atoms. The van der Waals surface area contributed by atoms with Crippen LogP contribution in [-0.2, 0) is 0 Å². The van der Waals surface area contributed by atoms with Gasteiger partial charge in [0.1, 0.15) is 0 Å². The first-order valence-corrected chi connectivity index (χ1v) is 5.79. The Bertz CT molecular complexity index is 580. The maximum absolute atomic E-state index is 11.0. The monoisotopic (exact) mass is 244 g/mol. The average molecular weight is 244 g/mol. The van der Waals surface area contributed by atoms with Crippen molar-refractivity contribution in [3.05, 3.63) is 40.9 Å². The van der Waals surface area contributed by atoms with Gasteiger partial charge in [0.25, 0.3) is 0 Å². The molecule has 18 heavy (non-hydrogen) atoms. The Balaban J connectivity index is 2.30. The van der Waals surface area contributed by atoms with Crippen LogP contribution < -0.4 is 10.6 Å². The Morgan fingerprint density at radius 3 is 2.39 bits per heavy atom. The molecule has 1 heterocycles. The number of hydrogen-bond acceptors (Lipinski definition) is 2. The van der Waals surface area contributed by atoms with Gasteiger partial charge in [-0.15, -0.1) is 0 Å². The molecule has 0 saturated heterocycles. The summed E-state index contributed by atoms with van der Waals surface area (Å²) >= 11 is 0. The number of H-pyrrole nitrogens is 2. The molecule has 0 aliphatic carbocycles. The summed E-state index contributed by atoms with van der Waals surface area (Å²) in [5, 5.41) is 7.40. The molecule has 3 N–H and O–H groups in total. The van der Waals surface area contributed by atoms with E-state index in [4.69, 9.17) is 5.41 Å². The maximum Gasteiger partial charge on any atom is 0.323 e. The third-order valence-electron chi connectivity index (χ3n) is 2.77. The molecule has 0 fully saturated rings. The first kappa shape index (κ1) is 12.2. The number of nitrogens with one attached hydrogen (secondary N) is 3.